The predicted molar refractivity (Wildman–Crippen MR) is 109 cm³/mol. The van der Waals surface area contributed by atoms with E-state index in [-0.39, 0.29) is 36.0 Å². The van der Waals surface area contributed by atoms with Crippen LogP contribution in [0.5, 0.6) is 0 Å². The van der Waals surface area contributed by atoms with Gasteiger partial charge in [0.1, 0.15) is 0 Å². The zero-order chi connectivity index (χ0) is 20.1. The van der Waals surface area contributed by atoms with Gasteiger partial charge in [0.05, 0.1) is 5.92 Å². The first-order valence-corrected chi connectivity index (χ1v) is 10.4. The summed E-state index contributed by atoms with van der Waals surface area (Å²) in [6, 6.07) is 7.83. The fraction of sp³-hybridized carbons (Fsp3) is 0.591. The maximum Gasteiger partial charge on any atom is 0.228 e. The maximum absolute atomic E-state index is 12.9. The number of amides is 3. The fourth-order valence-electron chi connectivity index (χ4n) is 4.00. The van der Waals surface area contributed by atoms with Crippen LogP contribution in [0.25, 0.3) is 0 Å². The van der Waals surface area contributed by atoms with Gasteiger partial charge in [-0.1, -0.05) is 31.0 Å². The van der Waals surface area contributed by atoms with Crippen LogP contribution in [0.4, 0.5) is 5.69 Å². The molecular formula is C22H31N3O3. The lowest BCUT2D eigenvalue weighted by molar-refractivity contribution is -0.139. The van der Waals surface area contributed by atoms with Crippen LogP contribution in [0, 0.1) is 18.8 Å². The van der Waals surface area contributed by atoms with Gasteiger partial charge in [-0.15, -0.1) is 0 Å². The number of benzene rings is 1. The van der Waals surface area contributed by atoms with Crippen molar-refractivity contribution in [2.45, 2.75) is 46.0 Å². The Morgan fingerprint density at radius 2 is 1.79 bits per heavy atom. The molecule has 0 bridgehead atoms. The van der Waals surface area contributed by atoms with Crippen LogP contribution in [-0.2, 0) is 14.4 Å². The molecule has 1 atom stereocenters. The van der Waals surface area contributed by atoms with Crippen LogP contribution in [0.2, 0.25) is 0 Å². The van der Waals surface area contributed by atoms with Gasteiger partial charge in [-0.3, -0.25) is 14.4 Å². The second-order valence-corrected chi connectivity index (χ2v) is 7.99. The van der Waals surface area contributed by atoms with Crippen molar-refractivity contribution in [3.05, 3.63) is 29.8 Å². The highest BCUT2D eigenvalue weighted by molar-refractivity contribution is 6.00. The molecule has 6 nitrogen and oxygen atoms in total. The summed E-state index contributed by atoms with van der Waals surface area (Å²) in [6.07, 6.45) is 3.73. The number of unbranched alkanes of at least 4 members (excludes halogenated alkanes) is 1. The fourth-order valence-corrected chi connectivity index (χ4v) is 4.00. The minimum absolute atomic E-state index is 0.00447. The smallest absolute Gasteiger partial charge is 0.228 e. The van der Waals surface area contributed by atoms with Gasteiger partial charge in [0.15, 0.2) is 0 Å². The summed E-state index contributed by atoms with van der Waals surface area (Å²) in [6.45, 7) is 6.48. The summed E-state index contributed by atoms with van der Waals surface area (Å²) in [7, 11) is 0. The van der Waals surface area contributed by atoms with E-state index in [4.69, 9.17) is 0 Å². The predicted octanol–water partition coefficient (Wildman–Crippen LogP) is 2.50. The highest BCUT2D eigenvalue weighted by Gasteiger charge is 2.38. The van der Waals surface area contributed by atoms with Crippen LogP contribution in [-0.4, -0.2) is 48.8 Å². The van der Waals surface area contributed by atoms with Crippen molar-refractivity contribution in [3.63, 3.8) is 0 Å². The molecule has 2 heterocycles. The number of hydrogen-bond acceptors (Lipinski definition) is 3. The molecule has 1 unspecified atom stereocenters. The molecular weight excluding hydrogens is 354 g/mol. The quantitative estimate of drug-likeness (QED) is 0.765. The number of nitrogens with one attached hydrogen (secondary N) is 1. The number of rotatable bonds is 6. The molecule has 0 spiro atoms. The molecule has 0 saturated carbocycles. The number of aryl methyl sites for hydroxylation is 1. The van der Waals surface area contributed by atoms with Crippen molar-refractivity contribution < 1.29 is 14.4 Å². The van der Waals surface area contributed by atoms with E-state index < -0.39 is 0 Å². The molecule has 2 aliphatic rings. The van der Waals surface area contributed by atoms with Gasteiger partial charge in [0, 0.05) is 44.2 Å². The average Bonchev–Trinajstić information content (AvgIpc) is 3.10. The Kier molecular flexibility index (Phi) is 6.70. The zero-order valence-electron chi connectivity index (χ0n) is 16.9. The highest BCUT2D eigenvalue weighted by atomic mass is 16.2. The Morgan fingerprint density at radius 1 is 1.11 bits per heavy atom. The minimum atomic E-state index is -0.288. The lowest BCUT2D eigenvalue weighted by Crippen LogP contribution is -2.45. The molecule has 2 fully saturated rings. The third-order valence-electron chi connectivity index (χ3n) is 5.83. The van der Waals surface area contributed by atoms with Gasteiger partial charge in [0.2, 0.25) is 17.7 Å². The third kappa shape index (κ3) is 4.72. The molecule has 1 N–H and O–H groups in total. The van der Waals surface area contributed by atoms with E-state index >= 15 is 0 Å². The molecule has 0 radical (unpaired) electrons. The van der Waals surface area contributed by atoms with Crippen molar-refractivity contribution in [2.24, 2.45) is 11.8 Å². The monoisotopic (exact) mass is 385 g/mol. The molecule has 6 heteroatoms. The van der Waals surface area contributed by atoms with Crippen LogP contribution in [0.3, 0.4) is 0 Å². The summed E-state index contributed by atoms with van der Waals surface area (Å²) in [5, 5.41) is 2.99. The largest absolute Gasteiger partial charge is 0.356 e. The first-order chi connectivity index (χ1) is 13.5. The SMILES string of the molecule is CCCCNC(=O)C1CCN(C(=O)C2CC(=O)N(c3ccc(C)cc3)C2)CC1. The van der Waals surface area contributed by atoms with Crippen LogP contribution in [0.15, 0.2) is 24.3 Å². The van der Waals surface area contributed by atoms with Gasteiger partial charge < -0.3 is 15.1 Å². The summed E-state index contributed by atoms with van der Waals surface area (Å²) >= 11 is 0. The third-order valence-corrected chi connectivity index (χ3v) is 5.83. The highest BCUT2D eigenvalue weighted by Crippen LogP contribution is 2.28. The Labute approximate surface area is 167 Å². The summed E-state index contributed by atoms with van der Waals surface area (Å²) < 4.78 is 0. The molecule has 1 aromatic rings. The normalized spacial score (nSPS) is 20.5. The van der Waals surface area contributed by atoms with E-state index in [0.29, 0.717) is 32.5 Å². The van der Waals surface area contributed by atoms with Crippen molar-refractivity contribution in [2.75, 3.05) is 31.1 Å². The molecule has 1 aromatic carbocycles. The molecule has 28 heavy (non-hydrogen) atoms. The minimum Gasteiger partial charge on any atom is -0.356 e. The number of carbonyl (C=O) groups is 3. The molecule has 2 saturated heterocycles. The first kappa shape index (κ1) is 20.4. The average molecular weight is 386 g/mol. The van der Waals surface area contributed by atoms with E-state index in [2.05, 4.69) is 12.2 Å². The number of piperidine rings is 1. The number of hydrogen-bond donors (Lipinski definition) is 1. The van der Waals surface area contributed by atoms with Gasteiger partial charge in [-0.25, -0.2) is 0 Å². The summed E-state index contributed by atoms with van der Waals surface area (Å²) in [5.74, 6) is -0.124. The van der Waals surface area contributed by atoms with Gasteiger partial charge in [0.25, 0.3) is 0 Å². The van der Waals surface area contributed by atoms with Crippen molar-refractivity contribution >= 4 is 23.4 Å². The molecule has 152 valence electrons. The maximum atomic E-state index is 12.9. The second kappa shape index (κ2) is 9.22. The van der Waals surface area contributed by atoms with Gasteiger partial charge >= 0.3 is 0 Å². The summed E-state index contributed by atoms with van der Waals surface area (Å²) in [4.78, 5) is 41.1. The Hall–Kier alpha value is -2.37. The van der Waals surface area contributed by atoms with Crippen LogP contribution < -0.4 is 10.2 Å². The van der Waals surface area contributed by atoms with Crippen molar-refractivity contribution in [1.29, 1.82) is 0 Å². The van der Waals surface area contributed by atoms with Gasteiger partial charge in [-0.2, -0.15) is 0 Å². The van der Waals surface area contributed by atoms with E-state index in [0.717, 1.165) is 30.6 Å². The van der Waals surface area contributed by atoms with E-state index in [1.165, 1.54) is 0 Å². The van der Waals surface area contributed by atoms with E-state index in [1.54, 1.807) is 4.90 Å². The number of likely N-dealkylation sites (tertiary alicyclic amines) is 1. The molecule has 0 aromatic heterocycles. The standard InChI is InChI=1S/C22H31N3O3/c1-3-4-11-23-21(27)17-9-12-24(13-10-17)22(28)18-14-20(26)25(15-18)19-7-5-16(2)6-8-19/h5-8,17-18H,3-4,9-15H2,1-2H3,(H,23,27). The van der Waals surface area contributed by atoms with E-state index in [9.17, 15) is 14.4 Å². The Bertz CT molecular complexity index is 708. The van der Waals surface area contributed by atoms with Gasteiger partial charge in [-0.05, 0) is 38.3 Å². The molecule has 3 amide bonds. The molecule has 2 aliphatic heterocycles. The lowest BCUT2D eigenvalue weighted by Gasteiger charge is -2.33. The molecule has 3 rings (SSSR count). The van der Waals surface area contributed by atoms with Crippen molar-refractivity contribution in [3.8, 4) is 0 Å². The zero-order valence-corrected chi connectivity index (χ0v) is 16.9. The Balaban J connectivity index is 1.51. The lowest BCUT2D eigenvalue weighted by atomic mass is 9.94. The van der Waals surface area contributed by atoms with Crippen LogP contribution in [0.1, 0.15) is 44.6 Å². The summed E-state index contributed by atoms with van der Waals surface area (Å²) in [5.41, 5.74) is 2.00. The Morgan fingerprint density at radius 3 is 2.43 bits per heavy atom. The number of anilines is 1. The van der Waals surface area contributed by atoms with Crippen LogP contribution >= 0.6 is 0 Å². The number of carbonyl (C=O) groups excluding carboxylic acids is 3. The first-order valence-electron chi connectivity index (χ1n) is 10.4. The van der Waals surface area contributed by atoms with Crippen molar-refractivity contribution in [1.82, 2.24) is 10.2 Å². The van der Waals surface area contributed by atoms with E-state index in [1.807, 2.05) is 36.1 Å². The second-order valence-electron chi connectivity index (χ2n) is 7.99. The topological polar surface area (TPSA) is 69.7 Å². The number of nitrogens with zero attached hydrogens (tertiary/aromatic N) is 2. The molecule has 0 aliphatic carbocycles.